The molecule has 0 bridgehead atoms. The number of rotatable bonds is 6. The summed E-state index contributed by atoms with van der Waals surface area (Å²) in [5.74, 6) is -1.54. The lowest BCUT2D eigenvalue weighted by atomic mass is 9.83. The van der Waals surface area contributed by atoms with Crippen LogP contribution in [0.25, 0.3) is 0 Å². The molecule has 1 rings (SSSR count). The Balaban J connectivity index is 2.47. The van der Waals surface area contributed by atoms with Gasteiger partial charge in [-0.3, -0.25) is 9.59 Å². The molecule has 17 heavy (non-hydrogen) atoms. The van der Waals surface area contributed by atoms with Gasteiger partial charge in [-0.25, -0.2) is 0 Å². The number of carboxylic acid groups (broad SMARTS) is 1. The Morgan fingerprint density at radius 2 is 2.06 bits per heavy atom. The number of carbonyl (C=O) groups is 2. The van der Waals surface area contributed by atoms with Gasteiger partial charge in [0.25, 0.3) is 0 Å². The second-order valence-corrected chi connectivity index (χ2v) is 4.45. The number of amides is 1. The van der Waals surface area contributed by atoms with E-state index in [0.717, 1.165) is 19.3 Å². The molecule has 0 aromatic carbocycles. The number of carboxylic acids is 1. The molecule has 0 aromatic heterocycles. The van der Waals surface area contributed by atoms with Gasteiger partial charge in [-0.1, -0.05) is 6.92 Å². The molecular weight excluding hydrogens is 222 g/mol. The molecule has 5 heteroatoms. The van der Waals surface area contributed by atoms with Gasteiger partial charge in [0.15, 0.2) is 0 Å². The van der Waals surface area contributed by atoms with Crippen LogP contribution in [0.2, 0.25) is 0 Å². The van der Waals surface area contributed by atoms with Crippen LogP contribution in [0.15, 0.2) is 0 Å². The number of hydrogen-bond acceptors (Lipinski definition) is 3. The Morgan fingerprint density at radius 1 is 1.41 bits per heavy atom. The van der Waals surface area contributed by atoms with Crippen molar-refractivity contribution in [3.8, 4) is 0 Å². The van der Waals surface area contributed by atoms with Crippen LogP contribution in [-0.2, 0) is 14.3 Å². The highest BCUT2D eigenvalue weighted by molar-refractivity contribution is 5.82. The number of aliphatic carboxylic acids is 1. The summed E-state index contributed by atoms with van der Waals surface area (Å²) in [6.07, 6.45) is 2.41. The summed E-state index contributed by atoms with van der Waals surface area (Å²) in [6, 6.07) is 0. The van der Waals surface area contributed by atoms with E-state index in [1.54, 1.807) is 0 Å². The van der Waals surface area contributed by atoms with Crippen molar-refractivity contribution < 1.29 is 19.4 Å². The Kier molecular flexibility index (Phi) is 5.97. The number of hydrogen-bond donors (Lipinski definition) is 2. The predicted molar refractivity (Wildman–Crippen MR) is 62.6 cm³/mol. The lowest BCUT2D eigenvalue weighted by Gasteiger charge is -2.27. The summed E-state index contributed by atoms with van der Waals surface area (Å²) in [6.45, 7) is 3.78. The molecule has 1 heterocycles. The van der Waals surface area contributed by atoms with Gasteiger partial charge in [0.2, 0.25) is 5.91 Å². The second kappa shape index (κ2) is 7.27. The van der Waals surface area contributed by atoms with Gasteiger partial charge in [-0.05, 0) is 25.2 Å². The van der Waals surface area contributed by atoms with E-state index in [1.165, 1.54) is 0 Å². The van der Waals surface area contributed by atoms with E-state index in [-0.39, 0.29) is 18.2 Å². The minimum atomic E-state index is -0.872. The normalized spacial score (nSPS) is 18.6. The third-order valence-corrected chi connectivity index (χ3v) is 3.13. The van der Waals surface area contributed by atoms with Crippen molar-refractivity contribution in [2.24, 2.45) is 11.8 Å². The van der Waals surface area contributed by atoms with Gasteiger partial charge in [-0.2, -0.15) is 0 Å². The third-order valence-electron chi connectivity index (χ3n) is 3.13. The summed E-state index contributed by atoms with van der Waals surface area (Å²) in [7, 11) is 0. The largest absolute Gasteiger partial charge is 0.481 e. The molecule has 1 aliphatic heterocycles. The van der Waals surface area contributed by atoms with Gasteiger partial charge >= 0.3 is 5.97 Å². The Morgan fingerprint density at radius 3 is 2.59 bits per heavy atom. The molecule has 2 N–H and O–H groups in total. The van der Waals surface area contributed by atoms with Gasteiger partial charge in [-0.15, -0.1) is 0 Å². The van der Waals surface area contributed by atoms with E-state index >= 15 is 0 Å². The average Bonchev–Trinajstić information content (AvgIpc) is 2.34. The molecule has 1 fully saturated rings. The highest BCUT2D eigenvalue weighted by Crippen LogP contribution is 2.26. The smallest absolute Gasteiger partial charge is 0.307 e. The Bertz CT molecular complexity index is 261. The molecule has 1 aliphatic rings. The molecule has 0 saturated carbocycles. The van der Waals surface area contributed by atoms with Gasteiger partial charge < -0.3 is 15.2 Å². The molecule has 0 spiro atoms. The maximum atomic E-state index is 11.6. The van der Waals surface area contributed by atoms with Crippen LogP contribution >= 0.6 is 0 Å². The third kappa shape index (κ3) is 4.73. The molecule has 1 unspecified atom stereocenters. The monoisotopic (exact) mass is 243 g/mol. The fourth-order valence-electron chi connectivity index (χ4n) is 2.11. The SMILES string of the molecule is CCCNC(=O)CC(C(=O)O)C1CCOCC1. The molecule has 98 valence electrons. The quantitative estimate of drug-likeness (QED) is 0.730. The second-order valence-electron chi connectivity index (χ2n) is 4.45. The van der Waals surface area contributed by atoms with Gasteiger partial charge in [0.05, 0.1) is 5.92 Å². The molecule has 1 saturated heterocycles. The van der Waals surface area contributed by atoms with Crippen molar-refractivity contribution in [2.45, 2.75) is 32.6 Å². The van der Waals surface area contributed by atoms with Crippen LogP contribution in [0.5, 0.6) is 0 Å². The molecule has 5 nitrogen and oxygen atoms in total. The van der Waals surface area contributed by atoms with Crippen molar-refractivity contribution >= 4 is 11.9 Å². The van der Waals surface area contributed by atoms with E-state index in [2.05, 4.69) is 5.32 Å². The topological polar surface area (TPSA) is 75.6 Å². The van der Waals surface area contributed by atoms with Crippen molar-refractivity contribution in [1.82, 2.24) is 5.32 Å². The molecule has 0 radical (unpaired) electrons. The average molecular weight is 243 g/mol. The van der Waals surface area contributed by atoms with E-state index in [4.69, 9.17) is 4.74 Å². The maximum absolute atomic E-state index is 11.6. The van der Waals surface area contributed by atoms with E-state index < -0.39 is 11.9 Å². The van der Waals surface area contributed by atoms with Gasteiger partial charge in [0.1, 0.15) is 0 Å². The first-order valence-electron chi connectivity index (χ1n) is 6.22. The summed E-state index contributed by atoms with van der Waals surface area (Å²) < 4.78 is 5.21. The lowest BCUT2D eigenvalue weighted by Crippen LogP contribution is -2.34. The van der Waals surface area contributed by atoms with Crippen molar-refractivity contribution in [3.63, 3.8) is 0 Å². The minimum Gasteiger partial charge on any atom is -0.481 e. The Hall–Kier alpha value is -1.10. The first kappa shape index (κ1) is 14.0. The van der Waals surface area contributed by atoms with Crippen LogP contribution in [-0.4, -0.2) is 36.7 Å². The fraction of sp³-hybridized carbons (Fsp3) is 0.833. The standard InChI is InChI=1S/C12H21NO4/c1-2-5-13-11(14)8-10(12(15)16)9-3-6-17-7-4-9/h9-10H,2-8H2,1H3,(H,13,14)(H,15,16). The zero-order valence-electron chi connectivity index (χ0n) is 10.3. The summed E-state index contributed by atoms with van der Waals surface area (Å²) in [5, 5.41) is 11.9. The van der Waals surface area contributed by atoms with Crippen LogP contribution in [0, 0.1) is 11.8 Å². The van der Waals surface area contributed by atoms with Crippen LogP contribution < -0.4 is 5.32 Å². The number of ether oxygens (including phenoxy) is 1. The summed E-state index contributed by atoms with van der Waals surface area (Å²) in [5.41, 5.74) is 0. The highest BCUT2D eigenvalue weighted by atomic mass is 16.5. The number of nitrogens with one attached hydrogen (secondary N) is 1. The molecule has 1 atom stereocenters. The van der Waals surface area contributed by atoms with E-state index in [9.17, 15) is 14.7 Å². The zero-order chi connectivity index (χ0) is 12.7. The predicted octanol–water partition coefficient (Wildman–Crippen LogP) is 1.03. The minimum absolute atomic E-state index is 0.0635. The van der Waals surface area contributed by atoms with Crippen molar-refractivity contribution in [1.29, 1.82) is 0 Å². The van der Waals surface area contributed by atoms with E-state index in [1.807, 2.05) is 6.92 Å². The lowest BCUT2D eigenvalue weighted by molar-refractivity contribution is -0.147. The van der Waals surface area contributed by atoms with Crippen LogP contribution in [0.3, 0.4) is 0 Å². The van der Waals surface area contributed by atoms with Crippen LogP contribution in [0.1, 0.15) is 32.6 Å². The fourth-order valence-corrected chi connectivity index (χ4v) is 2.11. The van der Waals surface area contributed by atoms with E-state index in [0.29, 0.717) is 19.8 Å². The van der Waals surface area contributed by atoms with Crippen LogP contribution in [0.4, 0.5) is 0 Å². The zero-order valence-corrected chi connectivity index (χ0v) is 10.3. The molecule has 1 amide bonds. The van der Waals surface area contributed by atoms with Crippen molar-refractivity contribution in [3.05, 3.63) is 0 Å². The number of carbonyl (C=O) groups excluding carboxylic acids is 1. The molecular formula is C12H21NO4. The first-order chi connectivity index (χ1) is 8.15. The maximum Gasteiger partial charge on any atom is 0.307 e. The molecule has 0 aliphatic carbocycles. The first-order valence-corrected chi connectivity index (χ1v) is 6.22. The van der Waals surface area contributed by atoms with Gasteiger partial charge in [0, 0.05) is 26.2 Å². The Labute approximate surface area is 102 Å². The summed E-state index contributed by atoms with van der Waals surface area (Å²) >= 11 is 0. The molecule has 0 aromatic rings. The van der Waals surface area contributed by atoms with Crippen molar-refractivity contribution in [2.75, 3.05) is 19.8 Å². The highest BCUT2D eigenvalue weighted by Gasteiger charge is 2.31. The summed E-state index contributed by atoms with van der Waals surface area (Å²) in [4.78, 5) is 22.7.